The molecule has 8 heteroatoms. The average Bonchev–Trinajstić information content (AvgIpc) is 2.93. The van der Waals surface area contributed by atoms with E-state index in [-0.39, 0.29) is 13.2 Å². The molecule has 28 heavy (non-hydrogen) atoms. The second-order valence-corrected chi connectivity index (χ2v) is 7.20. The number of fused-ring (bicyclic) bond motifs is 2. The summed E-state index contributed by atoms with van der Waals surface area (Å²) in [6.45, 7) is 0.0908. The second-order valence-electron chi connectivity index (χ2n) is 6.76. The molecule has 1 fully saturated rings. The van der Waals surface area contributed by atoms with Gasteiger partial charge in [0, 0.05) is 17.0 Å². The SMILES string of the molecule is O=C1N[C@]2(CCOc3ccccc32)C(=O)N1C[C@H](O)COc1ccc(Cl)cc1. The molecule has 0 radical (unpaired) electrons. The van der Waals surface area contributed by atoms with Crippen LogP contribution in [-0.2, 0) is 10.3 Å². The maximum absolute atomic E-state index is 13.1. The Morgan fingerprint density at radius 1 is 1.21 bits per heavy atom. The van der Waals surface area contributed by atoms with Crippen LogP contribution in [0, 0.1) is 0 Å². The number of hydrogen-bond donors (Lipinski definition) is 2. The minimum absolute atomic E-state index is 0.0641. The van der Waals surface area contributed by atoms with E-state index in [1.54, 1.807) is 42.5 Å². The third-order valence-corrected chi connectivity index (χ3v) is 5.16. The molecular formula is C20H19ClN2O5. The molecular weight excluding hydrogens is 384 g/mol. The maximum atomic E-state index is 13.1. The molecule has 2 atom stereocenters. The highest BCUT2D eigenvalue weighted by Crippen LogP contribution is 2.40. The molecule has 146 valence electrons. The number of nitrogens with one attached hydrogen (secondary N) is 1. The summed E-state index contributed by atoms with van der Waals surface area (Å²) in [5.41, 5.74) is -0.517. The van der Waals surface area contributed by atoms with Crippen molar-refractivity contribution in [3.63, 3.8) is 0 Å². The van der Waals surface area contributed by atoms with Gasteiger partial charge in [-0.2, -0.15) is 0 Å². The number of carbonyl (C=O) groups excluding carboxylic acids is 2. The van der Waals surface area contributed by atoms with E-state index < -0.39 is 23.6 Å². The van der Waals surface area contributed by atoms with Gasteiger partial charge in [0.1, 0.15) is 24.2 Å². The minimum Gasteiger partial charge on any atom is -0.493 e. The van der Waals surface area contributed by atoms with Gasteiger partial charge in [0.25, 0.3) is 5.91 Å². The zero-order valence-corrected chi connectivity index (χ0v) is 15.7. The summed E-state index contributed by atoms with van der Waals surface area (Å²) in [5.74, 6) is 0.727. The predicted octanol–water partition coefficient (Wildman–Crippen LogP) is 2.31. The molecule has 2 aliphatic rings. The molecule has 4 rings (SSSR count). The van der Waals surface area contributed by atoms with Crippen LogP contribution in [0.3, 0.4) is 0 Å². The van der Waals surface area contributed by atoms with E-state index in [1.807, 2.05) is 6.07 Å². The first-order valence-electron chi connectivity index (χ1n) is 8.92. The largest absolute Gasteiger partial charge is 0.493 e. The highest BCUT2D eigenvalue weighted by molar-refractivity contribution is 6.30. The summed E-state index contributed by atoms with van der Waals surface area (Å²) < 4.78 is 11.1. The van der Waals surface area contributed by atoms with E-state index in [2.05, 4.69) is 5.32 Å². The van der Waals surface area contributed by atoms with E-state index in [1.165, 1.54) is 0 Å². The summed E-state index contributed by atoms with van der Waals surface area (Å²) in [6.07, 6.45) is -0.696. The standard InChI is InChI=1S/C20H19ClN2O5/c21-13-5-7-15(8-6-13)28-12-14(24)11-23-18(25)20(22-19(23)26)9-10-27-17-4-2-1-3-16(17)20/h1-8,14,24H,9-12H2,(H,22,26)/t14-,20-/m0/s1. The average molecular weight is 403 g/mol. The number of rotatable bonds is 5. The van der Waals surface area contributed by atoms with E-state index in [9.17, 15) is 14.7 Å². The summed E-state index contributed by atoms with van der Waals surface area (Å²) in [6, 6.07) is 13.3. The van der Waals surface area contributed by atoms with Gasteiger partial charge in [-0.1, -0.05) is 29.8 Å². The number of nitrogens with zero attached hydrogens (tertiary/aromatic N) is 1. The van der Waals surface area contributed by atoms with Gasteiger partial charge in [-0.25, -0.2) is 4.79 Å². The maximum Gasteiger partial charge on any atom is 0.325 e. The van der Waals surface area contributed by atoms with Crippen LogP contribution in [0.5, 0.6) is 11.5 Å². The van der Waals surface area contributed by atoms with Crippen molar-refractivity contribution < 1.29 is 24.2 Å². The van der Waals surface area contributed by atoms with Crippen LogP contribution in [0.2, 0.25) is 5.02 Å². The van der Waals surface area contributed by atoms with E-state index in [0.717, 1.165) is 4.90 Å². The first-order chi connectivity index (χ1) is 13.5. The van der Waals surface area contributed by atoms with Crippen molar-refractivity contribution in [3.8, 4) is 11.5 Å². The van der Waals surface area contributed by atoms with Crippen LogP contribution in [0.1, 0.15) is 12.0 Å². The van der Waals surface area contributed by atoms with E-state index in [0.29, 0.717) is 35.1 Å². The van der Waals surface area contributed by atoms with Crippen molar-refractivity contribution in [2.45, 2.75) is 18.1 Å². The lowest BCUT2D eigenvalue weighted by Crippen LogP contribution is -2.48. The molecule has 0 aliphatic carbocycles. The fourth-order valence-corrected chi connectivity index (χ4v) is 3.65. The van der Waals surface area contributed by atoms with Gasteiger partial charge in [0.2, 0.25) is 0 Å². The molecule has 7 nitrogen and oxygen atoms in total. The zero-order valence-electron chi connectivity index (χ0n) is 14.9. The first kappa shape index (κ1) is 18.6. The van der Waals surface area contributed by atoms with Gasteiger partial charge in [0.05, 0.1) is 13.2 Å². The molecule has 2 aromatic rings. The van der Waals surface area contributed by atoms with Crippen molar-refractivity contribution >= 4 is 23.5 Å². The molecule has 2 aliphatic heterocycles. The quantitative estimate of drug-likeness (QED) is 0.749. The first-order valence-corrected chi connectivity index (χ1v) is 9.30. The van der Waals surface area contributed by atoms with Gasteiger partial charge in [-0.15, -0.1) is 0 Å². The predicted molar refractivity (Wildman–Crippen MR) is 101 cm³/mol. The zero-order chi connectivity index (χ0) is 19.7. The number of benzene rings is 2. The van der Waals surface area contributed by atoms with Crippen LogP contribution in [0.25, 0.3) is 0 Å². The molecule has 2 aromatic carbocycles. The van der Waals surface area contributed by atoms with Crippen molar-refractivity contribution in [1.82, 2.24) is 10.2 Å². The number of urea groups is 1. The number of para-hydroxylation sites is 1. The molecule has 3 amide bonds. The number of ether oxygens (including phenoxy) is 2. The number of β-amino-alcohol motifs (C(OH)–C–C–N with tert-alkyl or cyclic N) is 1. The summed E-state index contributed by atoms with van der Waals surface area (Å²) in [7, 11) is 0. The summed E-state index contributed by atoms with van der Waals surface area (Å²) in [5, 5.41) is 13.7. The molecule has 0 bridgehead atoms. The van der Waals surface area contributed by atoms with Crippen LogP contribution in [-0.4, -0.2) is 47.8 Å². The van der Waals surface area contributed by atoms with Crippen molar-refractivity contribution in [1.29, 1.82) is 0 Å². The van der Waals surface area contributed by atoms with Crippen LogP contribution in [0.4, 0.5) is 4.79 Å². The van der Waals surface area contributed by atoms with Gasteiger partial charge in [-0.05, 0) is 30.3 Å². The summed E-state index contributed by atoms with van der Waals surface area (Å²) in [4.78, 5) is 26.7. The fraction of sp³-hybridized carbons (Fsp3) is 0.300. The Hall–Kier alpha value is -2.77. The molecule has 2 N–H and O–H groups in total. The molecule has 0 unspecified atom stereocenters. The highest BCUT2D eigenvalue weighted by Gasteiger charge is 2.55. The lowest BCUT2D eigenvalue weighted by Gasteiger charge is -2.33. The normalized spacial score (nSPS) is 21.9. The number of imide groups is 1. The van der Waals surface area contributed by atoms with Crippen LogP contribution in [0.15, 0.2) is 48.5 Å². The summed E-state index contributed by atoms with van der Waals surface area (Å²) >= 11 is 5.82. The Bertz CT molecular complexity index is 904. The van der Waals surface area contributed by atoms with Gasteiger partial charge >= 0.3 is 6.03 Å². The molecule has 1 spiro atoms. The van der Waals surface area contributed by atoms with E-state index >= 15 is 0 Å². The lowest BCUT2D eigenvalue weighted by atomic mass is 9.84. The number of amides is 3. The highest BCUT2D eigenvalue weighted by atomic mass is 35.5. The Kier molecular flexibility index (Phi) is 4.87. The Morgan fingerprint density at radius 2 is 1.96 bits per heavy atom. The molecule has 0 aromatic heterocycles. The topological polar surface area (TPSA) is 88.1 Å². The van der Waals surface area contributed by atoms with Crippen molar-refractivity contribution in [2.24, 2.45) is 0 Å². The van der Waals surface area contributed by atoms with Gasteiger partial charge in [-0.3, -0.25) is 9.69 Å². The number of hydrogen-bond acceptors (Lipinski definition) is 5. The Morgan fingerprint density at radius 3 is 2.75 bits per heavy atom. The van der Waals surface area contributed by atoms with Crippen molar-refractivity contribution in [3.05, 3.63) is 59.1 Å². The van der Waals surface area contributed by atoms with Crippen LogP contribution < -0.4 is 14.8 Å². The van der Waals surface area contributed by atoms with Crippen LogP contribution >= 0.6 is 11.6 Å². The third kappa shape index (κ3) is 3.27. The minimum atomic E-state index is -1.15. The third-order valence-electron chi connectivity index (χ3n) is 4.91. The van der Waals surface area contributed by atoms with Gasteiger partial charge < -0.3 is 19.9 Å². The Labute approximate surface area is 166 Å². The lowest BCUT2D eigenvalue weighted by molar-refractivity contribution is -0.133. The number of aliphatic hydroxyl groups excluding tert-OH is 1. The molecule has 1 saturated heterocycles. The van der Waals surface area contributed by atoms with Crippen molar-refractivity contribution in [2.75, 3.05) is 19.8 Å². The van der Waals surface area contributed by atoms with E-state index in [4.69, 9.17) is 21.1 Å². The monoisotopic (exact) mass is 402 g/mol. The number of carbonyl (C=O) groups is 2. The smallest absolute Gasteiger partial charge is 0.325 e. The Balaban J connectivity index is 1.45. The number of aliphatic hydroxyl groups is 1. The molecule has 0 saturated carbocycles. The molecule has 2 heterocycles. The second kappa shape index (κ2) is 7.33. The fourth-order valence-electron chi connectivity index (χ4n) is 3.52. The number of halogens is 1. The van der Waals surface area contributed by atoms with Gasteiger partial charge in [0.15, 0.2) is 5.54 Å².